The number of carbonyl (C=O) groups excluding carboxylic acids is 1. The van der Waals surface area contributed by atoms with Crippen molar-refractivity contribution in [3.05, 3.63) is 39.4 Å². The van der Waals surface area contributed by atoms with E-state index in [4.69, 9.17) is 0 Å². The highest BCUT2D eigenvalue weighted by Crippen LogP contribution is 2.21. The van der Waals surface area contributed by atoms with Gasteiger partial charge in [0.25, 0.3) is 5.56 Å². The van der Waals surface area contributed by atoms with Crippen LogP contribution in [-0.4, -0.2) is 57.5 Å². The van der Waals surface area contributed by atoms with Crippen molar-refractivity contribution in [2.24, 2.45) is 0 Å². The Labute approximate surface area is 160 Å². The van der Waals surface area contributed by atoms with E-state index in [9.17, 15) is 9.59 Å². The van der Waals surface area contributed by atoms with E-state index in [1.165, 1.54) is 36.8 Å². The Hall–Kier alpha value is -1.73. The first-order valence-corrected chi connectivity index (χ1v) is 10.1. The van der Waals surface area contributed by atoms with Crippen LogP contribution in [-0.2, 0) is 11.3 Å². The number of rotatable bonds is 3. The topological polar surface area (TPSA) is 58.4 Å². The zero-order chi connectivity index (χ0) is 18.1. The van der Waals surface area contributed by atoms with Gasteiger partial charge in [-0.15, -0.1) is 0 Å². The average molecular weight is 419 g/mol. The van der Waals surface area contributed by atoms with Gasteiger partial charge in [-0.2, -0.15) is 0 Å². The summed E-state index contributed by atoms with van der Waals surface area (Å²) >= 11 is 3.38. The number of piperidine rings is 1. The Balaban J connectivity index is 1.43. The summed E-state index contributed by atoms with van der Waals surface area (Å²) in [7, 11) is 0. The molecule has 2 aromatic rings. The maximum Gasteiger partial charge on any atom is 0.261 e. The van der Waals surface area contributed by atoms with Crippen molar-refractivity contribution in [1.29, 1.82) is 0 Å². The van der Waals surface area contributed by atoms with Crippen LogP contribution in [0.4, 0.5) is 0 Å². The SMILES string of the molecule is O=C(Cn1cnc2ccc(Br)cc2c1=O)N1CCC(N2CCCC2)CC1. The zero-order valence-electron chi connectivity index (χ0n) is 14.7. The van der Waals surface area contributed by atoms with Crippen LogP contribution in [0.15, 0.2) is 33.8 Å². The molecule has 0 aliphatic carbocycles. The summed E-state index contributed by atoms with van der Waals surface area (Å²) in [6.07, 6.45) is 6.14. The number of carbonyl (C=O) groups is 1. The summed E-state index contributed by atoms with van der Waals surface area (Å²) in [5.41, 5.74) is 0.477. The smallest absolute Gasteiger partial charge is 0.261 e. The number of fused-ring (bicyclic) bond motifs is 1. The number of hydrogen-bond donors (Lipinski definition) is 0. The second-order valence-corrected chi connectivity index (χ2v) is 8.11. The van der Waals surface area contributed by atoms with Crippen molar-refractivity contribution in [1.82, 2.24) is 19.4 Å². The van der Waals surface area contributed by atoms with Gasteiger partial charge < -0.3 is 9.80 Å². The fourth-order valence-corrected chi connectivity index (χ4v) is 4.44. The van der Waals surface area contributed by atoms with E-state index in [2.05, 4.69) is 25.8 Å². The van der Waals surface area contributed by atoms with Crippen LogP contribution >= 0.6 is 15.9 Å². The number of nitrogens with zero attached hydrogens (tertiary/aromatic N) is 4. The third kappa shape index (κ3) is 3.55. The molecule has 26 heavy (non-hydrogen) atoms. The predicted molar refractivity (Wildman–Crippen MR) is 104 cm³/mol. The van der Waals surface area contributed by atoms with Gasteiger partial charge in [-0.3, -0.25) is 14.2 Å². The Morgan fingerprint density at radius 3 is 2.62 bits per heavy atom. The second kappa shape index (κ2) is 7.48. The molecule has 7 heteroatoms. The first kappa shape index (κ1) is 17.7. The van der Waals surface area contributed by atoms with E-state index in [1.807, 2.05) is 11.0 Å². The molecule has 0 unspecified atom stereocenters. The first-order valence-electron chi connectivity index (χ1n) is 9.28. The molecule has 2 aliphatic rings. The second-order valence-electron chi connectivity index (χ2n) is 7.19. The Morgan fingerprint density at radius 2 is 1.88 bits per heavy atom. The van der Waals surface area contributed by atoms with Crippen LogP contribution in [0.3, 0.4) is 0 Å². The molecule has 1 aromatic heterocycles. The van der Waals surface area contributed by atoms with E-state index < -0.39 is 0 Å². The molecule has 3 heterocycles. The largest absolute Gasteiger partial charge is 0.341 e. The minimum absolute atomic E-state index is 0.00289. The first-order chi connectivity index (χ1) is 12.6. The van der Waals surface area contributed by atoms with E-state index >= 15 is 0 Å². The lowest BCUT2D eigenvalue weighted by molar-refractivity contribution is -0.133. The summed E-state index contributed by atoms with van der Waals surface area (Å²) in [6.45, 7) is 4.02. The van der Waals surface area contributed by atoms with Crippen LogP contribution in [0.1, 0.15) is 25.7 Å². The van der Waals surface area contributed by atoms with Crippen LogP contribution < -0.4 is 5.56 Å². The monoisotopic (exact) mass is 418 g/mol. The molecule has 2 saturated heterocycles. The lowest BCUT2D eigenvalue weighted by Gasteiger charge is -2.36. The minimum atomic E-state index is -0.170. The van der Waals surface area contributed by atoms with Gasteiger partial charge in [0.2, 0.25) is 5.91 Å². The molecule has 2 aliphatic heterocycles. The summed E-state index contributed by atoms with van der Waals surface area (Å²) in [5, 5.41) is 0.530. The number of likely N-dealkylation sites (tertiary alicyclic amines) is 2. The molecule has 0 radical (unpaired) electrons. The highest BCUT2D eigenvalue weighted by Gasteiger charge is 2.28. The number of amides is 1. The maximum absolute atomic E-state index is 12.7. The Morgan fingerprint density at radius 1 is 1.15 bits per heavy atom. The van der Waals surface area contributed by atoms with Crippen molar-refractivity contribution >= 4 is 32.7 Å². The summed E-state index contributed by atoms with van der Waals surface area (Å²) < 4.78 is 2.25. The van der Waals surface area contributed by atoms with Crippen LogP contribution in [0.5, 0.6) is 0 Å². The minimum Gasteiger partial charge on any atom is -0.341 e. The van der Waals surface area contributed by atoms with Gasteiger partial charge in [-0.1, -0.05) is 15.9 Å². The fourth-order valence-electron chi connectivity index (χ4n) is 4.08. The van der Waals surface area contributed by atoms with Gasteiger partial charge in [0.1, 0.15) is 6.54 Å². The Kier molecular flexibility index (Phi) is 5.09. The predicted octanol–water partition coefficient (Wildman–Crippen LogP) is 2.25. The van der Waals surface area contributed by atoms with Crippen molar-refractivity contribution < 1.29 is 4.79 Å². The summed E-state index contributed by atoms with van der Waals surface area (Å²) in [6, 6.07) is 6.03. The standard InChI is InChI=1S/C19H23BrN4O2/c20-14-3-4-17-16(11-14)19(26)24(13-21-17)12-18(25)23-9-5-15(6-10-23)22-7-1-2-8-22/h3-4,11,13,15H,1-2,5-10,12H2. The molecule has 2 fully saturated rings. The third-order valence-corrected chi connectivity index (χ3v) is 6.06. The molecule has 0 bridgehead atoms. The van der Waals surface area contributed by atoms with Gasteiger partial charge in [0.05, 0.1) is 17.2 Å². The molecule has 1 aromatic carbocycles. The molecule has 6 nitrogen and oxygen atoms in total. The number of halogens is 1. The van der Waals surface area contributed by atoms with Crippen LogP contribution in [0.2, 0.25) is 0 Å². The molecular weight excluding hydrogens is 396 g/mol. The normalized spacial score (nSPS) is 19.3. The van der Waals surface area contributed by atoms with E-state index in [-0.39, 0.29) is 18.0 Å². The van der Waals surface area contributed by atoms with Gasteiger partial charge >= 0.3 is 0 Å². The zero-order valence-corrected chi connectivity index (χ0v) is 16.3. The third-order valence-electron chi connectivity index (χ3n) is 5.57. The molecule has 0 saturated carbocycles. The molecule has 0 atom stereocenters. The quantitative estimate of drug-likeness (QED) is 0.766. The van der Waals surface area contributed by atoms with Crippen molar-refractivity contribution in [2.75, 3.05) is 26.2 Å². The summed E-state index contributed by atoms with van der Waals surface area (Å²) in [5.74, 6) is 0.00289. The molecule has 4 rings (SSSR count). The van der Waals surface area contributed by atoms with Gasteiger partial charge in [0, 0.05) is 23.6 Å². The molecule has 0 N–H and O–H groups in total. The van der Waals surface area contributed by atoms with Crippen LogP contribution in [0.25, 0.3) is 10.9 Å². The Bertz CT molecular complexity index is 867. The van der Waals surface area contributed by atoms with Crippen molar-refractivity contribution in [3.63, 3.8) is 0 Å². The van der Waals surface area contributed by atoms with Crippen molar-refractivity contribution in [2.45, 2.75) is 38.3 Å². The lowest BCUT2D eigenvalue weighted by atomic mass is 10.0. The van der Waals surface area contributed by atoms with E-state index in [1.54, 1.807) is 12.1 Å². The number of benzene rings is 1. The van der Waals surface area contributed by atoms with E-state index in [0.29, 0.717) is 16.9 Å². The lowest BCUT2D eigenvalue weighted by Crippen LogP contribution is -2.47. The van der Waals surface area contributed by atoms with Gasteiger partial charge in [-0.05, 0) is 57.0 Å². The van der Waals surface area contributed by atoms with E-state index in [0.717, 1.165) is 30.4 Å². The highest BCUT2D eigenvalue weighted by atomic mass is 79.9. The summed E-state index contributed by atoms with van der Waals surface area (Å²) in [4.78, 5) is 34.1. The average Bonchev–Trinajstić information content (AvgIpc) is 3.19. The van der Waals surface area contributed by atoms with Crippen LogP contribution in [0, 0.1) is 0 Å². The molecule has 1 amide bonds. The van der Waals surface area contributed by atoms with Gasteiger partial charge in [-0.25, -0.2) is 4.98 Å². The maximum atomic E-state index is 12.7. The molecule has 0 spiro atoms. The highest BCUT2D eigenvalue weighted by molar-refractivity contribution is 9.10. The van der Waals surface area contributed by atoms with Crippen molar-refractivity contribution in [3.8, 4) is 0 Å². The molecular formula is C19H23BrN4O2. The number of aromatic nitrogens is 2. The van der Waals surface area contributed by atoms with Gasteiger partial charge in [0.15, 0.2) is 0 Å². The fraction of sp³-hybridized carbons (Fsp3) is 0.526. The molecule has 138 valence electrons. The number of hydrogen-bond acceptors (Lipinski definition) is 4.